The lowest BCUT2D eigenvalue weighted by Crippen LogP contribution is -2.04. The maximum atomic E-state index is 5.90. The zero-order chi connectivity index (χ0) is 16.7. The van der Waals surface area contributed by atoms with Crippen LogP contribution in [-0.2, 0) is 6.54 Å². The third-order valence-electron chi connectivity index (χ3n) is 3.20. The van der Waals surface area contributed by atoms with Crippen LogP contribution in [0, 0.1) is 0 Å². The first-order chi connectivity index (χ1) is 11.1. The smallest absolute Gasteiger partial charge is 0.162 e. The Labute approximate surface area is 151 Å². The molecule has 0 spiro atoms. The van der Waals surface area contributed by atoms with Crippen LogP contribution in [0.25, 0.3) is 0 Å². The SMILES string of the molecule is CCCOc1cc(Br)c(CNc2ccc(Cl)cc2)cc1OCC. The summed E-state index contributed by atoms with van der Waals surface area (Å²) in [6.45, 7) is 6.01. The Balaban J connectivity index is 2.14. The number of nitrogens with one attached hydrogen (secondary N) is 1. The molecule has 0 heterocycles. The van der Waals surface area contributed by atoms with Gasteiger partial charge in [-0.2, -0.15) is 0 Å². The fourth-order valence-electron chi connectivity index (χ4n) is 2.07. The molecule has 3 nitrogen and oxygen atoms in total. The Bertz CT molecular complexity index is 632. The predicted molar refractivity (Wildman–Crippen MR) is 99.9 cm³/mol. The second-order valence-corrected chi connectivity index (χ2v) is 6.32. The van der Waals surface area contributed by atoms with E-state index in [1.54, 1.807) is 0 Å². The predicted octanol–water partition coefficient (Wildman–Crippen LogP) is 5.90. The molecule has 0 fully saturated rings. The van der Waals surface area contributed by atoms with E-state index in [0.29, 0.717) is 19.8 Å². The van der Waals surface area contributed by atoms with Gasteiger partial charge in [-0.25, -0.2) is 0 Å². The highest BCUT2D eigenvalue weighted by Crippen LogP contribution is 2.34. The van der Waals surface area contributed by atoms with Crippen LogP contribution in [0.3, 0.4) is 0 Å². The van der Waals surface area contributed by atoms with Crippen molar-refractivity contribution in [1.82, 2.24) is 0 Å². The lowest BCUT2D eigenvalue weighted by molar-refractivity contribution is 0.276. The second kappa shape index (κ2) is 9.04. The molecule has 2 rings (SSSR count). The molecule has 23 heavy (non-hydrogen) atoms. The van der Waals surface area contributed by atoms with Crippen molar-refractivity contribution >= 4 is 33.2 Å². The van der Waals surface area contributed by atoms with Crippen molar-refractivity contribution in [2.45, 2.75) is 26.8 Å². The standard InChI is InChI=1S/C18H21BrClNO2/c1-3-9-23-18-11-16(19)13(10-17(18)22-4-2)12-21-15-7-5-14(20)6-8-15/h5-8,10-11,21H,3-4,9,12H2,1-2H3. The van der Waals surface area contributed by atoms with Crippen LogP contribution in [-0.4, -0.2) is 13.2 Å². The molecule has 0 aliphatic carbocycles. The van der Waals surface area contributed by atoms with Crippen LogP contribution in [0.2, 0.25) is 5.02 Å². The van der Waals surface area contributed by atoms with Crippen LogP contribution in [0.5, 0.6) is 11.5 Å². The molecule has 2 aromatic rings. The number of halogens is 2. The van der Waals surface area contributed by atoms with Crippen molar-refractivity contribution in [3.63, 3.8) is 0 Å². The van der Waals surface area contributed by atoms with Gasteiger partial charge in [-0.05, 0) is 55.3 Å². The molecule has 0 aliphatic rings. The Morgan fingerprint density at radius 2 is 1.74 bits per heavy atom. The molecule has 124 valence electrons. The van der Waals surface area contributed by atoms with Crippen molar-refractivity contribution < 1.29 is 9.47 Å². The summed E-state index contributed by atoms with van der Waals surface area (Å²) in [5.74, 6) is 1.55. The Morgan fingerprint density at radius 1 is 1.04 bits per heavy atom. The minimum Gasteiger partial charge on any atom is -0.490 e. The monoisotopic (exact) mass is 397 g/mol. The topological polar surface area (TPSA) is 30.5 Å². The van der Waals surface area contributed by atoms with E-state index >= 15 is 0 Å². The van der Waals surface area contributed by atoms with E-state index in [2.05, 4.69) is 28.2 Å². The first-order valence-corrected chi connectivity index (χ1v) is 8.88. The third kappa shape index (κ3) is 5.33. The normalized spacial score (nSPS) is 10.4. The van der Waals surface area contributed by atoms with Crippen molar-refractivity contribution in [2.75, 3.05) is 18.5 Å². The minimum atomic E-state index is 0.605. The lowest BCUT2D eigenvalue weighted by atomic mass is 10.2. The first-order valence-electron chi connectivity index (χ1n) is 7.71. The summed E-state index contributed by atoms with van der Waals surface area (Å²) < 4.78 is 12.5. The molecular formula is C18H21BrClNO2. The maximum Gasteiger partial charge on any atom is 0.162 e. The van der Waals surface area contributed by atoms with E-state index in [9.17, 15) is 0 Å². The summed E-state index contributed by atoms with van der Waals surface area (Å²) in [5.41, 5.74) is 2.12. The zero-order valence-electron chi connectivity index (χ0n) is 13.4. The van der Waals surface area contributed by atoms with Crippen LogP contribution < -0.4 is 14.8 Å². The lowest BCUT2D eigenvalue weighted by Gasteiger charge is -2.15. The van der Waals surface area contributed by atoms with Crippen LogP contribution in [0.15, 0.2) is 40.9 Å². The van der Waals surface area contributed by atoms with Gasteiger partial charge in [0.2, 0.25) is 0 Å². The molecule has 0 bridgehead atoms. The molecule has 0 amide bonds. The molecule has 2 aromatic carbocycles. The van der Waals surface area contributed by atoms with Crippen molar-refractivity contribution in [2.24, 2.45) is 0 Å². The fraction of sp³-hybridized carbons (Fsp3) is 0.333. The van der Waals surface area contributed by atoms with E-state index in [0.717, 1.165) is 38.7 Å². The molecule has 0 unspecified atom stereocenters. The number of rotatable bonds is 8. The first kappa shape index (κ1) is 18.0. The summed E-state index contributed by atoms with van der Waals surface area (Å²) in [7, 11) is 0. The van der Waals surface area contributed by atoms with E-state index in [1.165, 1.54) is 0 Å². The second-order valence-electron chi connectivity index (χ2n) is 5.03. The molecule has 0 atom stereocenters. The van der Waals surface area contributed by atoms with Crippen molar-refractivity contribution in [1.29, 1.82) is 0 Å². The summed E-state index contributed by atoms with van der Waals surface area (Å²) >= 11 is 9.52. The largest absolute Gasteiger partial charge is 0.490 e. The van der Waals surface area contributed by atoms with Gasteiger partial charge in [-0.3, -0.25) is 0 Å². The Kier molecular flexibility index (Phi) is 7.06. The number of hydrogen-bond acceptors (Lipinski definition) is 3. The van der Waals surface area contributed by atoms with Crippen LogP contribution in [0.4, 0.5) is 5.69 Å². The zero-order valence-corrected chi connectivity index (χ0v) is 15.7. The molecule has 0 aromatic heterocycles. The van der Waals surface area contributed by atoms with E-state index in [1.807, 2.05) is 43.3 Å². The van der Waals surface area contributed by atoms with Gasteiger partial charge in [0.25, 0.3) is 0 Å². The molecule has 0 saturated heterocycles. The van der Waals surface area contributed by atoms with Gasteiger partial charge < -0.3 is 14.8 Å². The molecular weight excluding hydrogens is 378 g/mol. The maximum absolute atomic E-state index is 5.90. The average Bonchev–Trinajstić information content (AvgIpc) is 2.55. The molecule has 0 saturated carbocycles. The molecule has 5 heteroatoms. The molecule has 0 radical (unpaired) electrons. The highest BCUT2D eigenvalue weighted by molar-refractivity contribution is 9.10. The summed E-state index contributed by atoms with van der Waals surface area (Å²) in [4.78, 5) is 0. The minimum absolute atomic E-state index is 0.605. The van der Waals surface area contributed by atoms with E-state index in [-0.39, 0.29) is 0 Å². The number of benzene rings is 2. The van der Waals surface area contributed by atoms with Gasteiger partial charge in [0.1, 0.15) is 0 Å². The van der Waals surface area contributed by atoms with E-state index < -0.39 is 0 Å². The third-order valence-corrected chi connectivity index (χ3v) is 4.19. The fourth-order valence-corrected chi connectivity index (χ4v) is 2.66. The van der Waals surface area contributed by atoms with Gasteiger partial charge in [0.15, 0.2) is 11.5 Å². The van der Waals surface area contributed by atoms with Crippen molar-refractivity contribution in [3.8, 4) is 11.5 Å². The Morgan fingerprint density at radius 3 is 2.39 bits per heavy atom. The summed E-state index contributed by atoms with van der Waals surface area (Å²) in [6.07, 6.45) is 0.961. The van der Waals surface area contributed by atoms with Gasteiger partial charge in [0, 0.05) is 21.7 Å². The van der Waals surface area contributed by atoms with E-state index in [4.69, 9.17) is 21.1 Å². The number of hydrogen-bond donors (Lipinski definition) is 1. The highest BCUT2D eigenvalue weighted by Gasteiger charge is 2.11. The summed E-state index contributed by atoms with van der Waals surface area (Å²) in [6, 6.07) is 11.6. The highest BCUT2D eigenvalue weighted by atomic mass is 79.9. The number of anilines is 1. The molecule has 0 aliphatic heterocycles. The average molecular weight is 399 g/mol. The van der Waals surface area contributed by atoms with Crippen molar-refractivity contribution in [3.05, 3.63) is 51.5 Å². The van der Waals surface area contributed by atoms with Gasteiger partial charge in [-0.1, -0.05) is 34.5 Å². The molecule has 1 N–H and O–H groups in total. The van der Waals surface area contributed by atoms with Gasteiger partial charge in [0.05, 0.1) is 13.2 Å². The van der Waals surface area contributed by atoms with Crippen LogP contribution in [0.1, 0.15) is 25.8 Å². The Hall–Kier alpha value is -1.39. The van der Waals surface area contributed by atoms with Gasteiger partial charge in [-0.15, -0.1) is 0 Å². The summed E-state index contributed by atoms with van der Waals surface area (Å²) in [5, 5.41) is 4.11. The number of ether oxygens (including phenoxy) is 2. The van der Waals surface area contributed by atoms with Crippen LogP contribution >= 0.6 is 27.5 Å². The quantitative estimate of drug-likeness (QED) is 0.600. The van der Waals surface area contributed by atoms with Gasteiger partial charge >= 0.3 is 0 Å².